The average molecular weight is 421 g/mol. The van der Waals surface area contributed by atoms with E-state index in [4.69, 9.17) is 0 Å². The Morgan fingerprint density at radius 3 is 2.43 bits per heavy atom. The van der Waals surface area contributed by atoms with Crippen LogP contribution in [0.1, 0.15) is 32.8 Å². The summed E-state index contributed by atoms with van der Waals surface area (Å²) in [7, 11) is 0. The number of hydrogen-bond acceptors (Lipinski definition) is 5. The number of rotatable bonds is 10. The second kappa shape index (κ2) is 11.2. The third kappa shape index (κ3) is 6.88. The topological polar surface area (TPSA) is 105 Å². The highest BCUT2D eigenvalue weighted by molar-refractivity contribution is 5.89. The number of carbonyl (C=O) groups is 2. The molecule has 0 radical (unpaired) electrons. The monoisotopic (exact) mass is 420 g/mol. The van der Waals surface area contributed by atoms with Crippen LogP contribution < -0.4 is 10.6 Å². The van der Waals surface area contributed by atoms with Gasteiger partial charge < -0.3 is 20.8 Å². The zero-order valence-electron chi connectivity index (χ0n) is 18.4. The predicted molar refractivity (Wildman–Crippen MR) is 117 cm³/mol. The summed E-state index contributed by atoms with van der Waals surface area (Å²) in [6.45, 7) is 10.7. The van der Waals surface area contributed by atoms with Gasteiger partial charge in [0.2, 0.25) is 5.91 Å². The molecule has 0 spiro atoms. The number of carbonyl (C=O) groups excluding carboxylic acids is 1. The number of amides is 2. The fourth-order valence-electron chi connectivity index (χ4n) is 3.70. The molecule has 1 aliphatic rings. The van der Waals surface area contributed by atoms with Gasteiger partial charge in [0, 0.05) is 52.2 Å². The Bertz CT molecular complexity index is 689. The van der Waals surface area contributed by atoms with Crippen LogP contribution in [0.2, 0.25) is 0 Å². The highest BCUT2D eigenvalue weighted by Crippen LogP contribution is 2.24. The van der Waals surface area contributed by atoms with E-state index in [-0.39, 0.29) is 24.6 Å². The summed E-state index contributed by atoms with van der Waals surface area (Å²) in [5.74, 6) is 0.284. The Morgan fingerprint density at radius 1 is 1.23 bits per heavy atom. The highest BCUT2D eigenvalue weighted by Gasteiger charge is 2.42. The first-order chi connectivity index (χ1) is 14.2. The number of phenols is 1. The van der Waals surface area contributed by atoms with Gasteiger partial charge in [-0.3, -0.25) is 14.6 Å². The standard InChI is InChI=1S/C22H36N4O4/c1-17(2)8-9-24-20(28)22(3,16-18-4-6-19(27)7-5-18)26(21(29)30)15-14-25-12-10-23-11-13-25/h4-7,17,23,27H,8-16H2,1-3H3,(H,24,28)(H,29,30)/t22-/m0/s1. The molecule has 0 aromatic heterocycles. The molecular weight excluding hydrogens is 384 g/mol. The van der Waals surface area contributed by atoms with E-state index in [9.17, 15) is 19.8 Å². The number of carboxylic acid groups (broad SMARTS) is 1. The van der Waals surface area contributed by atoms with Crippen LogP contribution in [-0.4, -0.2) is 83.4 Å². The highest BCUT2D eigenvalue weighted by atomic mass is 16.4. The molecule has 0 unspecified atom stereocenters. The van der Waals surface area contributed by atoms with Crippen molar-refractivity contribution < 1.29 is 19.8 Å². The molecule has 2 amide bonds. The molecule has 1 saturated heterocycles. The molecule has 1 fully saturated rings. The molecule has 1 atom stereocenters. The van der Waals surface area contributed by atoms with Crippen molar-refractivity contribution in [1.29, 1.82) is 0 Å². The number of nitrogens with one attached hydrogen (secondary N) is 2. The van der Waals surface area contributed by atoms with Crippen molar-refractivity contribution in [3.63, 3.8) is 0 Å². The Labute approximate surface area is 179 Å². The molecule has 8 heteroatoms. The molecule has 2 rings (SSSR count). The van der Waals surface area contributed by atoms with E-state index >= 15 is 0 Å². The van der Waals surface area contributed by atoms with Crippen molar-refractivity contribution in [2.75, 3.05) is 45.8 Å². The van der Waals surface area contributed by atoms with E-state index in [1.165, 1.54) is 4.90 Å². The fraction of sp³-hybridized carbons (Fsp3) is 0.636. The quantitative estimate of drug-likeness (QED) is 0.460. The predicted octanol–water partition coefficient (Wildman–Crippen LogP) is 1.74. The van der Waals surface area contributed by atoms with Crippen LogP contribution in [0.25, 0.3) is 0 Å². The lowest BCUT2D eigenvalue weighted by atomic mass is 9.89. The van der Waals surface area contributed by atoms with Gasteiger partial charge in [0.1, 0.15) is 11.3 Å². The Kier molecular flexibility index (Phi) is 8.92. The first-order valence-electron chi connectivity index (χ1n) is 10.7. The number of benzene rings is 1. The lowest BCUT2D eigenvalue weighted by molar-refractivity contribution is -0.131. The summed E-state index contributed by atoms with van der Waals surface area (Å²) in [5, 5.41) is 25.8. The molecular formula is C22H36N4O4. The Hall–Kier alpha value is -2.32. The van der Waals surface area contributed by atoms with Crippen LogP contribution >= 0.6 is 0 Å². The van der Waals surface area contributed by atoms with Crippen LogP contribution in [0.5, 0.6) is 5.75 Å². The zero-order chi connectivity index (χ0) is 22.1. The Morgan fingerprint density at radius 2 is 1.87 bits per heavy atom. The Balaban J connectivity index is 2.21. The molecule has 1 heterocycles. The second-order valence-electron chi connectivity index (χ2n) is 8.58. The van der Waals surface area contributed by atoms with Gasteiger partial charge >= 0.3 is 6.09 Å². The van der Waals surface area contributed by atoms with E-state index in [0.29, 0.717) is 19.0 Å². The number of hydrogen-bond donors (Lipinski definition) is 4. The van der Waals surface area contributed by atoms with Crippen molar-refractivity contribution in [2.24, 2.45) is 5.92 Å². The van der Waals surface area contributed by atoms with Crippen LogP contribution in [0, 0.1) is 5.92 Å². The van der Waals surface area contributed by atoms with Crippen molar-refractivity contribution in [2.45, 2.75) is 39.2 Å². The van der Waals surface area contributed by atoms with Crippen molar-refractivity contribution in [3.8, 4) is 5.75 Å². The van der Waals surface area contributed by atoms with Crippen molar-refractivity contribution in [3.05, 3.63) is 29.8 Å². The third-order valence-electron chi connectivity index (χ3n) is 5.66. The van der Waals surface area contributed by atoms with E-state index in [0.717, 1.165) is 38.2 Å². The van der Waals surface area contributed by atoms with Gasteiger partial charge in [-0.25, -0.2) is 4.79 Å². The minimum atomic E-state index is -1.26. The zero-order valence-corrected chi connectivity index (χ0v) is 18.4. The second-order valence-corrected chi connectivity index (χ2v) is 8.58. The maximum atomic E-state index is 13.2. The normalized spacial score (nSPS) is 16.8. The third-order valence-corrected chi connectivity index (χ3v) is 5.66. The maximum absolute atomic E-state index is 13.2. The number of phenolic OH excluding ortho intramolecular Hbond substituents is 1. The van der Waals surface area contributed by atoms with Crippen LogP contribution in [0.3, 0.4) is 0 Å². The van der Waals surface area contributed by atoms with Gasteiger partial charge in [0.05, 0.1) is 0 Å². The van der Waals surface area contributed by atoms with Gasteiger partial charge in [0.15, 0.2) is 0 Å². The van der Waals surface area contributed by atoms with Gasteiger partial charge in [-0.2, -0.15) is 0 Å². The first-order valence-corrected chi connectivity index (χ1v) is 10.7. The van der Waals surface area contributed by atoms with E-state index < -0.39 is 11.6 Å². The molecule has 8 nitrogen and oxygen atoms in total. The van der Waals surface area contributed by atoms with Crippen LogP contribution in [0.15, 0.2) is 24.3 Å². The minimum absolute atomic E-state index is 0.135. The van der Waals surface area contributed by atoms with Gasteiger partial charge in [-0.05, 0) is 37.0 Å². The minimum Gasteiger partial charge on any atom is -0.508 e. The summed E-state index contributed by atoms with van der Waals surface area (Å²) in [6.07, 6.45) is -0.0470. The molecule has 168 valence electrons. The average Bonchev–Trinajstić information content (AvgIpc) is 2.70. The van der Waals surface area contributed by atoms with Gasteiger partial charge in [-0.1, -0.05) is 26.0 Å². The molecule has 0 bridgehead atoms. The smallest absolute Gasteiger partial charge is 0.408 e. The molecule has 0 saturated carbocycles. The van der Waals surface area contributed by atoms with Gasteiger partial charge in [-0.15, -0.1) is 0 Å². The lowest BCUT2D eigenvalue weighted by Gasteiger charge is -2.40. The number of piperazine rings is 1. The summed E-state index contributed by atoms with van der Waals surface area (Å²) >= 11 is 0. The summed E-state index contributed by atoms with van der Waals surface area (Å²) in [5.41, 5.74) is -0.462. The van der Waals surface area contributed by atoms with E-state index in [1.54, 1.807) is 31.2 Å². The molecule has 4 N–H and O–H groups in total. The fourth-order valence-corrected chi connectivity index (χ4v) is 3.70. The van der Waals surface area contributed by atoms with Crippen molar-refractivity contribution >= 4 is 12.0 Å². The summed E-state index contributed by atoms with van der Waals surface area (Å²) < 4.78 is 0. The van der Waals surface area contributed by atoms with Crippen LogP contribution in [0.4, 0.5) is 4.79 Å². The number of nitrogens with zero attached hydrogens (tertiary/aromatic N) is 2. The maximum Gasteiger partial charge on any atom is 0.408 e. The molecule has 1 aromatic rings. The SMILES string of the molecule is CC(C)CCNC(=O)[C@](C)(Cc1ccc(O)cc1)N(CCN1CCNCC1)C(=O)O. The molecule has 1 aliphatic heterocycles. The van der Waals surface area contributed by atoms with E-state index in [2.05, 4.69) is 29.4 Å². The lowest BCUT2D eigenvalue weighted by Crippen LogP contribution is -2.61. The molecule has 30 heavy (non-hydrogen) atoms. The summed E-state index contributed by atoms with van der Waals surface area (Å²) in [6, 6.07) is 6.56. The van der Waals surface area contributed by atoms with E-state index in [1.807, 2.05) is 0 Å². The van der Waals surface area contributed by atoms with Crippen LogP contribution in [-0.2, 0) is 11.2 Å². The molecule has 1 aromatic carbocycles. The van der Waals surface area contributed by atoms with Gasteiger partial charge in [0.25, 0.3) is 0 Å². The summed E-state index contributed by atoms with van der Waals surface area (Å²) in [4.78, 5) is 28.9. The largest absolute Gasteiger partial charge is 0.508 e. The van der Waals surface area contributed by atoms with Crippen molar-refractivity contribution in [1.82, 2.24) is 20.4 Å². The molecule has 0 aliphatic carbocycles. The first kappa shape index (κ1) is 24.0. The number of aromatic hydroxyl groups is 1.